The highest BCUT2D eigenvalue weighted by molar-refractivity contribution is 5.78. The molecule has 96 valence electrons. The van der Waals surface area contributed by atoms with E-state index >= 15 is 0 Å². The lowest BCUT2D eigenvalue weighted by Gasteiger charge is -2.24. The molecule has 1 aromatic heterocycles. The quantitative estimate of drug-likeness (QED) is 0.744. The topological polar surface area (TPSA) is 80.0 Å². The largest absolute Gasteiger partial charge is 0.480 e. The van der Waals surface area contributed by atoms with Crippen molar-refractivity contribution >= 4 is 5.97 Å². The summed E-state index contributed by atoms with van der Waals surface area (Å²) in [7, 11) is 0. The number of nitrogens with one attached hydrogen (secondary N) is 1. The van der Waals surface area contributed by atoms with E-state index in [1.54, 1.807) is 11.6 Å². The van der Waals surface area contributed by atoms with Crippen LogP contribution in [0.3, 0.4) is 0 Å². The molecule has 6 nitrogen and oxygen atoms in total. The predicted octanol–water partition coefficient (Wildman–Crippen LogP) is 1.03. The average molecular weight is 240 g/mol. The van der Waals surface area contributed by atoms with Gasteiger partial charge in [-0.05, 0) is 19.8 Å². The average Bonchev–Trinajstić information content (AvgIpc) is 2.74. The summed E-state index contributed by atoms with van der Waals surface area (Å²) in [6.07, 6.45) is 2.99. The van der Waals surface area contributed by atoms with Gasteiger partial charge in [0.2, 0.25) is 0 Å². The maximum absolute atomic E-state index is 11.1. The third-order valence-corrected chi connectivity index (χ3v) is 2.95. The first kappa shape index (κ1) is 13.6. The maximum atomic E-state index is 11.1. The van der Waals surface area contributed by atoms with Gasteiger partial charge in [-0.15, -0.1) is 0 Å². The number of carboxylic acids is 1. The Balaban J connectivity index is 2.66. The minimum absolute atomic E-state index is 0.413. The number of aromatic nitrogens is 3. The van der Waals surface area contributed by atoms with Gasteiger partial charge in [-0.1, -0.05) is 13.8 Å². The number of aliphatic carboxylic acids is 1. The van der Waals surface area contributed by atoms with Gasteiger partial charge in [-0.25, -0.2) is 9.67 Å². The van der Waals surface area contributed by atoms with E-state index in [4.69, 9.17) is 5.11 Å². The Morgan fingerprint density at radius 1 is 1.59 bits per heavy atom. The van der Waals surface area contributed by atoms with Gasteiger partial charge in [-0.3, -0.25) is 10.1 Å². The van der Waals surface area contributed by atoms with Gasteiger partial charge in [0.05, 0.1) is 6.54 Å². The molecule has 1 unspecified atom stereocenters. The fraction of sp³-hybridized carbons (Fsp3) is 0.727. The second-order valence-electron chi connectivity index (χ2n) is 4.24. The van der Waals surface area contributed by atoms with Gasteiger partial charge in [0.1, 0.15) is 17.7 Å². The summed E-state index contributed by atoms with van der Waals surface area (Å²) in [5.41, 5.74) is -0.914. The molecule has 0 aliphatic carbocycles. The van der Waals surface area contributed by atoms with E-state index < -0.39 is 11.5 Å². The standard InChI is InChI=1S/C11H20N4O2/c1-4-6-15-9(12-8-14-15)7-13-11(3,5-2)10(16)17/h8,13H,4-7H2,1-3H3,(H,16,17). The van der Waals surface area contributed by atoms with Crippen molar-refractivity contribution in [3.05, 3.63) is 12.2 Å². The van der Waals surface area contributed by atoms with Crippen molar-refractivity contribution in [1.82, 2.24) is 20.1 Å². The minimum atomic E-state index is -0.914. The van der Waals surface area contributed by atoms with Crippen LogP contribution in [0.2, 0.25) is 0 Å². The fourth-order valence-corrected chi connectivity index (χ4v) is 1.45. The van der Waals surface area contributed by atoms with Crippen LogP contribution in [0.4, 0.5) is 0 Å². The Morgan fingerprint density at radius 2 is 2.29 bits per heavy atom. The van der Waals surface area contributed by atoms with Crippen molar-refractivity contribution in [2.45, 2.75) is 52.2 Å². The molecule has 17 heavy (non-hydrogen) atoms. The van der Waals surface area contributed by atoms with Crippen LogP contribution in [-0.2, 0) is 17.9 Å². The Kier molecular flexibility index (Phi) is 4.62. The molecule has 0 bridgehead atoms. The third-order valence-electron chi connectivity index (χ3n) is 2.95. The minimum Gasteiger partial charge on any atom is -0.480 e. The lowest BCUT2D eigenvalue weighted by molar-refractivity contribution is -0.144. The van der Waals surface area contributed by atoms with Gasteiger partial charge in [0.15, 0.2) is 0 Å². The van der Waals surface area contributed by atoms with Crippen LogP contribution in [0.25, 0.3) is 0 Å². The van der Waals surface area contributed by atoms with E-state index in [0.717, 1.165) is 18.8 Å². The Hall–Kier alpha value is -1.43. The van der Waals surface area contributed by atoms with Gasteiger partial charge >= 0.3 is 5.97 Å². The monoisotopic (exact) mass is 240 g/mol. The molecule has 0 aliphatic heterocycles. The summed E-state index contributed by atoms with van der Waals surface area (Å²) < 4.78 is 1.80. The molecule has 6 heteroatoms. The Bertz CT molecular complexity index is 377. The van der Waals surface area contributed by atoms with Gasteiger partial charge in [0, 0.05) is 6.54 Å². The number of aryl methyl sites for hydroxylation is 1. The molecule has 0 radical (unpaired) electrons. The van der Waals surface area contributed by atoms with Crippen molar-refractivity contribution in [2.75, 3.05) is 0 Å². The molecular weight excluding hydrogens is 220 g/mol. The molecule has 0 saturated carbocycles. The molecule has 0 aliphatic rings. The summed E-state index contributed by atoms with van der Waals surface area (Å²) in [6.45, 7) is 6.80. The number of nitrogens with zero attached hydrogens (tertiary/aromatic N) is 3. The van der Waals surface area contributed by atoms with Gasteiger partial charge < -0.3 is 5.11 Å². The smallest absolute Gasteiger partial charge is 0.323 e. The van der Waals surface area contributed by atoms with Crippen molar-refractivity contribution < 1.29 is 9.90 Å². The number of carboxylic acid groups (broad SMARTS) is 1. The van der Waals surface area contributed by atoms with Crippen molar-refractivity contribution in [3.63, 3.8) is 0 Å². The molecule has 1 atom stereocenters. The summed E-state index contributed by atoms with van der Waals surface area (Å²) in [5, 5.41) is 16.2. The molecular formula is C11H20N4O2. The van der Waals surface area contributed by atoms with E-state index in [-0.39, 0.29) is 0 Å². The maximum Gasteiger partial charge on any atom is 0.323 e. The van der Waals surface area contributed by atoms with E-state index in [2.05, 4.69) is 22.3 Å². The molecule has 1 rings (SSSR count). The first-order chi connectivity index (χ1) is 8.03. The van der Waals surface area contributed by atoms with Gasteiger partial charge in [0.25, 0.3) is 0 Å². The van der Waals surface area contributed by atoms with E-state index in [0.29, 0.717) is 13.0 Å². The molecule has 0 aromatic carbocycles. The molecule has 0 amide bonds. The molecule has 0 spiro atoms. The highest BCUT2D eigenvalue weighted by Gasteiger charge is 2.30. The summed E-state index contributed by atoms with van der Waals surface area (Å²) in [4.78, 5) is 15.2. The van der Waals surface area contributed by atoms with E-state index in [9.17, 15) is 4.79 Å². The lowest BCUT2D eigenvalue weighted by atomic mass is 9.99. The molecule has 1 heterocycles. The zero-order valence-electron chi connectivity index (χ0n) is 10.6. The second-order valence-corrected chi connectivity index (χ2v) is 4.24. The number of carbonyl (C=O) groups is 1. The third kappa shape index (κ3) is 3.26. The fourth-order valence-electron chi connectivity index (χ4n) is 1.45. The van der Waals surface area contributed by atoms with Crippen LogP contribution in [0.15, 0.2) is 6.33 Å². The van der Waals surface area contributed by atoms with Crippen molar-refractivity contribution in [3.8, 4) is 0 Å². The molecule has 2 N–H and O–H groups in total. The van der Waals surface area contributed by atoms with Crippen LogP contribution < -0.4 is 5.32 Å². The summed E-state index contributed by atoms with van der Waals surface area (Å²) >= 11 is 0. The van der Waals surface area contributed by atoms with Crippen LogP contribution in [0.1, 0.15) is 39.4 Å². The van der Waals surface area contributed by atoms with Crippen molar-refractivity contribution in [1.29, 1.82) is 0 Å². The molecule has 0 saturated heterocycles. The van der Waals surface area contributed by atoms with E-state index in [1.807, 2.05) is 6.92 Å². The lowest BCUT2D eigenvalue weighted by Crippen LogP contribution is -2.48. The zero-order chi connectivity index (χ0) is 12.9. The Labute approximate surface area is 101 Å². The van der Waals surface area contributed by atoms with Crippen molar-refractivity contribution in [2.24, 2.45) is 0 Å². The number of hydrogen-bond donors (Lipinski definition) is 2. The van der Waals surface area contributed by atoms with Crippen LogP contribution in [0, 0.1) is 0 Å². The van der Waals surface area contributed by atoms with E-state index in [1.165, 1.54) is 6.33 Å². The summed E-state index contributed by atoms with van der Waals surface area (Å²) in [6, 6.07) is 0. The highest BCUT2D eigenvalue weighted by Crippen LogP contribution is 2.10. The molecule has 1 aromatic rings. The highest BCUT2D eigenvalue weighted by atomic mass is 16.4. The number of hydrogen-bond acceptors (Lipinski definition) is 4. The normalized spacial score (nSPS) is 14.5. The Morgan fingerprint density at radius 3 is 2.82 bits per heavy atom. The number of rotatable bonds is 7. The van der Waals surface area contributed by atoms with Crippen LogP contribution in [0.5, 0.6) is 0 Å². The first-order valence-corrected chi connectivity index (χ1v) is 5.88. The SMILES string of the molecule is CCCn1ncnc1CNC(C)(CC)C(=O)O. The predicted molar refractivity (Wildman–Crippen MR) is 63.5 cm³/mol. The van der Waals surface area contributed by atoms with Gasteiger partial charge in [-0.2, -0.15) is 5.10 Å². The summed E-state index contributed by atoms with van der Waals surface area (Å²) in [5.74, 6) is -0.0747. The zero-order valence-corrected chi connectivity index (χ0v) is 10.6. The first-order valence-electron chi connectivity index (χ1n) is 5.88. The molecule has 0 fully saturated rings. The van der Waals surface area contributed by atoms with Crippen LogP contribution in [-0.4, -0.2) is 31.4 Å². The second kappa shape index (κ2) is 5.77. The van der Waals surface area contributed by atoms with Crippen LogP contribution >= 0.6 is 0 Å².